The van der Waals surface area contributed by atoms with Gasteiger partial charge < -0.3 is 20.2 Å². The van der Waals surface area contributed by atoms with Gasteiger partial charge >= 0.3 is 0 Å². The van der Waals surface area contributed by atoms with Crippen LogP contribution in [0.5, 0.6) is 5.75 Å². The molecule has 0 saturated carbocycles. The van der Waals surface area contributed by atoms with Gasteiger partial charge in [-0.1, -0.05) is 18.2 Å². The van der Waals surface area contributed by atoms with Crippen molar-refractivity contribution in [3.8, 4) is 5.75 Å². The summed E-state index contributed by atoms with van der Waals surface area (Å²) < 4.78 is 11.0. The van der Waals surface area contributed by atoms with Crippen molar-refractivity contribution in [1.29, 1.82) is 0 Å². The zero-order valence-electron chi connectivity index (χ0n) is 12.1. The van der Waals surface area contributed by atoms with E-state index in [0.29, 0.717) is 29.3 Å². The Morgan fingerprint density at radius 3 is 2.82 bits per heavy atom. The Morgan fingerprint density at radius 1 is 1.23 bits per heavy atom. The molecule has 2 aromatic carbocycles. The van der Waals surface area contributed by atoms with Crippen molar-refractivity contribution in [2.75, 3.05) is 17.7 Å². The van der Waals surface area contributed by atoms with Crippen molar-refractivity contribution in [3.63, 3.8) is 0 Å². The molecule has 3 rings (SSSR count). The molecule has 0 saturated heterocycles. The summed E-state index contributed by atoms with van der Waals surface area (Å²) in [5.74, 6) is 0.453. The maximum Gasteiger partial charge on any atom is 0.291 e. The van der Waals surface area contributed by atoms with E-state index in [4.69, 9.17) is 14.9 Å². The van der Waals surface area contributed by atoms with Crippen LogP contribution in [0.2, 0.25) is 0 Å². The van der Waals surface area contributed by atoms with Crippen molar-refractivity contribution in [2.24, 2.45) is 0 Å². The second kappa shape index (κ2) is 5.81. The lowest BCUT2D eigenvalue weighted by atomic mass is 10.2. The number of rotatable bonds is 4. The van der Waals surface area contributed by atoms with Crippen molar-refractivity contribution in [2.45, 2.75) is 6.92 Å². The lowest BCUT2D eigenvalue weighted by Crippen LogP contribution is -2.12. The van der Waals surface area contributed by atoms with E-state index in [9.17, 15) is 4.79 Å². The predicted octanol–water partition coefficient (Wildman–Crippen LogP) is 3.67. The molecule has 22 heavy (non-hydrogen) atoms. The van der Waals surface area contributed by atoms with E-state index in [1.165, 1.54) is 0 Å². The van der Waals surface area contributed by atoms with E-state index >= 15 is 0 Å². The van der Waals surface area contributed by atoms with Crippen LogP contribution in [0.3, 0.4) is 0 Å². The van der Waals surface area contributed by atoms with Crippen LogP contribution in [0.15, 0.2) is 52.9 Å². The summed E-state index contributed by atoms with van der Waals surface area (Å²) in [6, 6.07) is 14.3. The van der Waals surface area contributed by atoms with Gasteiger partial charge in [-0.3, -0.25) is 4.79 Å². The summed E-state index contributed by atoms with van der Waals surface area (Å²) in [6.07, 6.45) is 0. The number of para-hydroxylation sites is 1. The maximum atomic E-state index is 12.3. The van der Waals surface area contributed by atoms with Crippen LogP contribution in [0, 0.1) is 0 Å². The Labute approximate surface area is 127 Å². The number of fused-ring (bicyclic) bond motifs is 1. The second-order valence-corrected chi connectivity index (χ2v) is 4.79. The molecule has 1 heterocycles. The first kappa shape index (κ1) is 14.0. The van der Waals surface area contributed by atoms with E-state index < -0.39 is 0 Å². The first-order valence-electron chi connectivity index (χ1n) is 6.99. The average Bonchev–Trinajstić information content (AvgIpc) is 2.94. The minimum Gasteiger partial charge on any atom is -0.492 e. The van der Waals surface area contributed by atoms with Crippen molar-refractivity contribution >= 4 is 28.3 Å². The van der Waals surface area contributed by atoms with Gasteiger partial charge in [-0.25, -0.2) is 0 Å². The number of hydrogen-bond acceptors (Lipinski definition) is 4. The monoisotopic (exact) mass is 296 g/mol. The molecule has 0 unspecified atom stereocenters. The summed E-state index contributed by atoms with van der Waals surface area (Å²) in [7, 11) is 0. The zero-order valence-corrected chi connectivity index (χ0v) is 12.1. The Kier molecular flexibility index (Phi) is 3.70. The number of hydrogen-bond donors (Lipinski definition) is 2. The fourth-order valence-corrected chi connectivity index (χ4v) is 2.19. The van der Waals surface area contributed by atoms with Gasteiger partial charge in [-0.05, 0) is 31.2 Å². The Balaban J connectivity index is 1.87. The highest BCUT2D eigenvalue weighted by Gasteiger charge is 2.14. The molecule has 1 aromatic heterocycles. The summed E-state index contributed by atoms with van der Waals surface area (Å²) in [5.41, 5.74) is 7.55. The molecule has 5 nitrogen and oxygen atoms in total. The van der Waals surface area contributed by atoms with Gasteiger partial charge in [0.15, 0.2) is 5.76 Å². The van der Waals surface area contributed by atoms with Crippen LogP contribution in [0.1, 0.15) is 17.5 Å². The number of nitrogens with two attached hydrogens (primary N) is 1. The number of nitrogens with one attached hydrogen (secondary N) is 1. The van der Waals surface area contributed by atoms with E-state index in [-0.39, 0.29) is 11.7 Å². The molecule has 5 heteroatoms. The predicted molar refractivity (Wildman–Crippen MR) is 86.2 cm³/mol. The molecule has 1 amide bonds. The van der Waals surface area contributed by atoms with Crippen LogP contribution in [0.25, 0.3) is 11.0 Å². The number of carbonyl (C=O) groups excluding carboxylic acids is 1. The third kappa shape index (κ3) is 2.74. The molecule has 3 N–H and O–H groups in total. The van der Waals surface area contributed by atoms with Gasteiger partial charge in [0.25, 0.3) is 5.91 Å². The third-order valence-electron chi connectivity index (χ3n) is 3.20. The summed E-state index contributed by atoms with van der Waals surface area (Å²) >= 11 is 0. The highest BCUT2D eigenvalue weighted by Crippen LogP contribution is 2.28. The quantitative estimate of drug-likeness (QED) is 0.720. The molecule has 0 aliphatic heterocycles. The molecule has 0 aliphatic rings. The molecule has 0 radical (unpaired) electrons. The van der Waals surface area contributed by atoms with Crippen LogP contribution >= 0.6 is 0 Å². The standard InChI is InChI=1S/C17H16N2O3/c1-2-21-15-10-12(18)7-8-13(15)19-17(20)16-9-11-5-3-4-6-14(11)22-16/h3-10H,2,18H2,1H3,(H,19,20). The Hall–Kier alpha value is -2.95. The van der Waals surface area contributed by atoms with Crippen LogP contribution < -0.4 is 15.8 Å². The molecule has 0 atom stereocenters. The fraction of sp³-hybridized carbons (Fsp3) is 0.118. The Morgan fingerprint density at radius 2 is 2.05 bits per heavy atom. The average molecular weight is 296 g/mol. The summed E-state index contributed by atoms with van der Waals surface area (Å²) in [6.45, 7) is 2.35. The molecular formula is C17H16N2O3. The molecule has 0 bridgehead atoms. The number of anilines is 2. The van der Waals surface area contributed by atoms with E-state index in [2.05, 4.69) is 5.32 Å². The molecule has 0 fully saturated rings. The first-order chi connectivity index (χ1) is 10.7. The number of amides is 1. The third-order valence-corrected chi connectivity index (χ3v) is 3.20. The Bertz CT molecular complexity index is 791. The number of nitrogen functional groups attached to an aromatic ring is 1. The molecular weight excluding hydrogens is 280 g/mol. The maximum absolute atomic E-state index is 12.3. The van der Waals surface area contributed by atoms with Gasteiger partial charge in [0.1, 0.15) is 11.3 Å². The number of furan rings is 1. The lowest BCUT2D eigenvalue weighted by molar-refractivity contribution is 0.0998. The molecule has 112 valence electrons. The SMILES string of the molecule is CCOc1cc(N)ccc1NC(=O)c1cc2ccccc2o1. The van der Waals surface area contributed by atoms with Crippen LogP contribution in [-0.2, 0) is 0 Å². The van der Waals surface area contributed by atoms with Gasteiger partial charge in [0, 0.05) is 17.1 Å². The zero-order chi connectivity index (χ0) is 15.5. The van der Waals surface area contributed by atoms with Crippen LogP contribution in [-0.4, -0.2) is 12.5 Å². The van der Waals surface area contributed by atoms with Gasteiger partial charge in [0.2, 0.25) is 0 Å². The fourth-order valence-electron chi connectivity index (χ4n) is 2.19. The largest absolute Gasteiger partial charge is 0.492 e. The number of carbonyl (C=O) groups is 1. The minimum atomic E-state index is -0.332. The molecule has 3 aromatic rings. The van der Waals surface area contributed by atoms with Crippen molar-refractivity contribution in [1.82, 2.24) is 0 Å². The van der Waals surface area contributed by atoms with Gasteiger partial charge in [-0.2, -0.15) is 0 Å². The second-order valence-electron chi connectivity index (χ2n) is 4.79. The van der Waals surface area contributed by atoms with Crippen molar-refractivity contribution < 1.29 is 13.9 Å². The highest BCUT2D eigenvalue weighted by molar-refractivity contribution is 6.05. The topological polar surface area (TPSA) is 77.5 Å². The van der Waals surface area contributed by atoms with E-state index in [1.54, 1.807) is 24.3 Å². The minimum absolute atomic E-state index is 0.250. The number of benzene rings is 2. The van der Waals surface area contributed by atoms with E-state index in [1.807, 2.05) is 31.2 Å². The number of ether oxygens (including phenoxy) is 1. The smallest absolute Gasteiger partial charge is 0.291 e. The van der Waals surface area contributed by atoms with Gasteiger partial charge in [-0.15, -0.1) is 0 Å². The van der Waals surface area contributed by atoms with Crippen molar-refractivity contribution in [3.05, 3.63) is 54.3 Å². The summed E-state index contributed by atoms with van der Waals surface area (Å²) in [5, 5.41) is 3.67. The lowest BCUT2D eigenvalue weighted by Gasteiger charge is -2.11. The van der Waals surface area contributed by atoms with Crippen LogP contribution in [0.4, 0.5) is 11.4 Å². The molecule has 0 aliphatic carbocycles. The normalized spacial score (nSPS) is 10.6. The van der Waals surface area contributed by atoms with Gasteiger partial charge in [0.05, 0.1) is 12.3 Å². The van der Waals surface area contributed by atoms with E-state index in [0.717, 1.165) is 5.39 Å². The summed E-state index contributed by atoms with van der Waals surface area (Å²) in [4.78, 5) is 12.3. The molecule has 0 spiro atoms. The first-order valence-corrected chi connectivity index (χ1v) is 6.99. The highest BCUT2D eigenvalue weighted by atomic mass is 16.5.